The van der Waals surface area contributed by atoms with Gasteiger partial charge in [-0.05, 0) is 84.0 Å². The summed E-state index contributed by atoms with van der Waals surface area (Å²) in [6, 6.07) is 15.5. The summed E-state index contributed by atoms with van der Waals surface area (Å²) in [6.07, 6.45) is -6.43. The molecule has 0 heterocycles. The number of aliphatic hydroxyl groups is 1. The van der Waals surface area contributed by atoms with Crippen LogP contribution >= 0.6 is 0 Å². The Labute approximate surface area is 219 Å². The van der Waals surface area contributed by atoms with Crippen LogP contribution in [-0.4, -0.2) is 34.7 Å². The fourth-order valence-corrected chi connectivity index (χ4v) is 4.21. The Bertz CT molecular complexity index is 1260. The molecule has 3 rings (SSSR count). The van der Waals surface area contributed by atoms with Crippen molar-refractivity contribution in [2.24, 2.45) is 5.92 Å². The summed E-state index contributed by atoms with van der Waals surface area (Å²) in [5.74, 6) is -1.26. The maximum Gasteiger partial charge on any atom is 0.416 e. The van der Waals surface area contributed by atoms with Crippen molar-refractivity contribution in [2.75, 3.05) is 6.54 Å². The number of carboxylic acid groups (broad SMARTS) is 1. The van der Waals surface area contributed by atoms with Gasteiger partial charge in [-0.3, -0.25) is 4.79 Å². The summed E-state index contributed by atoms with van der Waals surface area (Å²) in [6.45, 7) is 7.34. The van der Waals surface area contributed by atoms with E-state index in [1.54, 1.807) is 24.3 Å². The highest BCUT2D eigenvalue weighted by molar-refractivity contribution is 5.94. The highest BCUT2D eigenvalue weighted by atomic mass is 19.4. The number of alkyl halides is 3. The predicted molar refractivity (Wildman–Crippen MR) is 137 cm³/mol. The van der Waals surface area contributed by atoms with Crippen molar-refractivity contribution in [3.8, 4) is 16.9 Å². The number of benzene rings is 3. The number of amides is 1. The topological polar surface area (TPSA) is 95.9 Å². The van der Waals surface area contributed by atoms with Crippen LogP contribution in [0.1, 0.15) is 52.6 Å². The SMILES string of the molecule is Cc1cc(OC(c2ccc(C(=O)NC[C@H](O)C(=O)O)cc2)C(C)C)cc(C)c1-c1ccc(C(F)(F)F)cc1. The molecule has 3 aromatic rings. The van der Waals surface area contributed by atoms with Gasteiger partial charge in [0.05, 0.1) is 12.1 Å². The van der Waals surface area contributed by atoms with E-state index in [1.807, 2.05) is 39.8 Å². The van der Waals surface area contributed by atoms with Crippen molar-refractivity contribution in [1.82, 2.24) is 5.32 Å². The minimum absolute atomic E-state index is 0.0654. The van der Waals surface area contributed by atoms with Gasteiger partial charge in [-0.2, -0.15) is 13.2 Å². The van der Waals surface area contributed by atoms with Gasteiger partial charge in [-0.25, -0.2) is 4.79 Å². The number of carbonyl (C=O) groups is 2. The molecule has 0 radical (unpaired) electrons. The van der Waals surface area contributed by atoms with E-state index < -0.39 is 36.3 Å². The Morgan fingerprint density at radius 2 is 1.50 bits per heavy atom. The second-order valence-corrected chi connectivity index (χ2v) is 9.48. The number of aryl methyl sites for hydroxylation is 2. The molecule has 0 spiro atoms. The maximum atomic E-state index is 12.9. The summed E-state index contributed by atoms with van der Waals surface area (Å²) < 4.78 is 45.2. The number of hydrogen-bond donors (Lipinski definition) is 3. The number of rotatable bonds is 9. The van der Waals surface area contributed by atoms with Crippen molar-refractivity contribution in [2.45, 2.75) is 46.1 Å². The van der Waals surface area contributed by atoms with E-state index in [9.17, 15) is 27.9 Å². The molecule has 0 aliphatic rings. The second-order valence-electron chi connectivity index (χ2n) is 9.48. The van der Waals surface area contributed by atoms with Gasteiger partial charge in [-0.1, -0.05) is 38.1 Å². The van der Waals surface area contributed by atoms with Crippen molar-refractivity contribution in [3.63, 3.8) is 0 Å². The van der Waals surface area contributed by atoms with E-state index in [-0.39, 0.29) is 12.0 Å². The minimum atomic E-state index is -4.39. The van der Waals surface area contributed by atoms with Gasteiger partial charge in [0.2, 0.25) is 0 Å². The molecule has 0 saturated carbocycles. The molecule has 1 amide bonds. The molecule has 0 fully saturated rings. The van der Waals surface area contributed by atoms with E-state index in [0.717, 1.165) is 34.4 Å². The Balaban J connectivity index is 1.78. The Hall–Kier alpha value is -3.85. The van der Waals surface area contributed by atoms with Crippen LogP contribution in [0, 0.1) is 19.8 Å². The Morgan fingerprint density at radius 3 is 1.97 bits per heavy atom. The fraction of sp³-hybridized carbons (Fsp3) is 0.310. The highest BCUT2D eigenvalue weighted by Gasteiger charge is 2.30. The molecule has 3 N–H and O–H groups in total. The van der Waals surface area contributed by atoms with Gasteiger partial charge in [-0.15, -0.1) is 0 Å². The van der Waals surface area contributed by atoms with E-state index in [1.165, 1.54) is 12.1 Å². The van der Waals surface area contributed by atoms with Crippen LogP contribution in [0.3, 0.4) is 0 Å². The summed E-state index contributed by atoms with van der Waals surface area (Å²) in [5.41, 5.74) is 3.68. The number of hydrogen-bond acceptors (Lipinski definition) is 4. The first-order valence-corrected chi connectivity index (χ1v) is 12.0. The standard InChI is InChI=1S/C29H30F3NO5/c1-16(2)26(20-5-7-21(8-6-20)27(35)33-15-24(34)28(36)37)38-23-13-17(3)25(18(4)14-23)19-9-11-22(12-10-19)29(30,31)32/h5-14,16,24,26,34H,15H2,1-4H3,(H,33,35)(H,36,37)/t24-,26?/m0/s1. The van der Waals surface area contributed by atoms with Gasteiger partial charge < -0.3 is 20.3 Å². The molecule has 3 aromatic carbocycles. The smallest absolute Gasteiger partial charge is 0.416 e. The lowest BCUT2D eigenvalue weighted by atomic mass is 9.94. The number of carboxylic acids is 1. The molecule has 38 heavy (non-hydrogen) atoms. The van der Waals surface area contributed by atoms with E-state index in [4.69, 9.17) is 9.84 Å². The second kappa shape index (κ2) is 11.7. The first kappa shape index (κ1) is 28.7. The molecule has 9 heteroatoms. The molecule has 0 aliphatic carbocycles. The Morgan fingerprint density at radius 1 is 0.947 bits per heavy atom. The first-order chi connectivity index (χ1) is 17.8. The summed E-state index contributed by atoms with van der Waals surface area (Å²) in [7, 11) is 0. The van der Waals surface area contributed by atoms with Crippen molar-refractivity contribution >= 4 is 11.9 Å². The molecule has 0 aromatic heterocycles. The minimum Gasteiger partial charge on any atom is -0.485 e. The summed E-state index contributed by atoms with van der Waals surface area (Å²) in [5, 5.41) is 20.4. The van der Waals surface area contributed by atoms with Gasteiger partial charge in [0.1, 0.15) is 11.9 Å². The lowest BCUT2D eigenvalue weighted by Crippen LogP contribution is -2.36. The zero-order chi connectivity index (χ0) is 28.2. The third kappa shape index (κ3) is 6.92. The van der Waals surface area contributed by atoms with Crippen molar-refractivity contribution < 1.29 is 37.7 Å². The van der Waals surface area contributed by atoms with Crippen LogP contribution in [0.5, 0.6) is 5.75 Å². The van der Waals surface area contributed by atoms with Crippen LogP contribution in [-0.2, 0) is 11.0 Å². The maximum absolute atomic E-state index is 12.9. The van der Waals surface area contributed by atoms with Crippen LogP contribution in [0.15, 0.2) is 60.7 Å². The third-order valence-corrected chi connectivity index (χ3v) is 6.12. The average Bonchev–Trinajstić information content (AvgIpc) is 2.85. The zero-order valence-corrected chi connectivity index (χ0v) is 21.5. The summed E-state index contributed by atoms with van der Waals surface area (Å²) in [4.78, 5) is 23.0. The molecule has 2 atom stereocenters. The lowest BCUT2D eigenvalue weighted by Gasteiger charge is -2.24. The van der Waals surface area contributed by atoms with E-state index in [0.29, 0.717) is 16.9 Å². The molecular weight excluding hydrogens is 499 g/mol. The van der Waals surface area contributed by atoms with Crippen LogP contribution in [0.25, 0.3) is 11.1 Å². The fourth-order valence-electron chi connectivity index (χ4n) is 4.21. The van der Waals surface area contributed by atoms with Crippen LogP contribution < -0.4 is 10.1 Å². The Kier molecular flexibility index (Phi) is 8.83. The van der Waals surface area contributed by atoms with E-state index in [2.05, 4.69) is 5.32 Å². The third-order valence-electron chi connectivity index (χ3n) is 6.12. The molecular formula is C29H30F3NO5. The van der Waals surface area contributed by atoms with Gasteiger partial charge in [0.15, 0.2) is 6.10 Å². The molecule has 6 nitrogen and oxygen atoms in total. The largest absolute Gasteiger partial charge is 0.485 e. The van der Waals surface area contributed by atoms with Crippen LogP contribution in [0.2, 0.25) is 0 Å². The molecule has 202 valence electrons. The quantitative estimate of drug-likeness (QED) is 0.319. The number of aliphatic hydroxyl groups excluding tert-OH is 1. The average molecular weight is 530 g/mol. The van der Waals surface area contributed by atoms with E-state index >= 15 is 0 Å². The van der Waals surface area contributed by atoms with Crippen molar-refractivity contribution in [3.05, 3.63) is 88.5 Å². The number of nitrogens with one attached hydrogen (secondary N) is 1. The molecule has 0 aliphatic heterocycles. The number of carbonyl (C=O) groups excluding carboxylic acids is 1. The number of halogens is 3. The lowest BCUT2D eigenvalue weighted by molar-refractivity contribution is -0.146. The first-order valence-electron chi connectivity index (χ1n) is 12.0. The predicted octanol–water partition coefficient (Wildman–Crippen LogP) is 5.94. The molecule has 1 unspecified atom stereocenters. The normalized spacial score (nSPS) is 13.2. The van der Waals surface area contributed by atoms with Gasteiger partial charge >= 0.3 is 12.1 Å². The monoisotopic (exact) mass is 529 g/mol. The molecule has 0 bridgehead atoms. The van der Waals surface area contributed by atoms with Crippen LogP contribution in [0.4, 0.5) is 13.2 Å². The molecule has 0 saturated heterocycles. The van der Waals surface area contributed by atoms with Crippen molar-refractivity contribution in [1.29, 1.82) is 0 Å². The zero-order valence-electron chi connectivity index (χ0n) is 21.5. The van der Waals surface area contributed by atoms with Gasteiger partial charge in [0, 0.05) is 5.56 Å². The highest BCUT2D eigenvalue weighted by Crippen LogP contribution is 2.36. The number of ether oxygens (including phenoxy) is 1. The van der Waals surface area contributed by atoms with Gasteiger partial charge in [0.25, 0.3) is 5.91 Å². The summed E-state index contributed by atoms with van der Waals surface area (Å²) >= 11 is 0. The number of aliphatic carboxylic acids is 1.